The van der Waals surface area contributed by atoms with Crippen molar-refractivity contribution in [3.05, 3.63) is 12.7 Å². The van der Waals surface area contributed by atoms with Crippen LogP contribution in [-0.2, 0) is 18.9 Å². The molecule has 0 aromatic carbocycles. The van der Waals surface area contributed by atoms with E-state index in [1.54, 1.807) is 6.33 Å². The zero-order valence-corrected chi connectivity index (χ0v) is 15.9. The van der Waals surface area contributed by atoms with Gasteiger partial charge in [0.1, 0.15) is 24.6 Å². The topological polar surface area (TPSA) is 113 Å². The van der Waals surface area contributed by atoms with E-state index in [-0.39, 0.29) is 24.9 Å². The van der Waals surface area contributed by atoms with E-state index in [1.165, 1.54) is 6.33 Å². The monoisotopic (exact) mass is 391 g/mol. The molecule has 3 saturated heterocycles. The van der Waals surface area contributed by atoms with Gasteiger partial charge in [-0.3, -0.25) is 4.57 Å². The van der Waals surface area contributed by atoms with Crippen LogP contribution in [0.5, 0.6) is 0 Å². The lowest BCUT2D eigenvalue weighted by Crippen LogP contribution is -2.31. The number of hydrogen-bond acceptors (Lipinski definition) is 9. The van der Waals surface area contributed by atoms with Gasteiger partial charge in [-0.2, -0.15) is 0 Å². The molecule has 10 nitrogen and oxygen atoms in total. The average molecular weight is 391 g/mol. The number of aliphatic hydroxyl groups is 1. The summed E-state index contributed by atoms with van der Waals surface area (Å²) in [6.45, 7) is 5.03. The number of anilines is 1. The van der Waals surface area contributed by atoms with Gasteiger partial charge in [-0.15, -0.1) is 0 Å². The van der Waals surface area contributed by atoms with Crippen molar-refractivity contribution < 1.29 is 24.1 Å². The van der Waals surface area contributed by atoms with E-state index in [4.69, 9.17) is 18.9 Å². The lowest BCUT2D eigenvalue weighted by Gasteiger charge is -2.24. The second-order valence-corrected chi connectivity index (χ2v) is 7.92. The van der Waals surface area contributed by atoms with Crippen molar-refractivity contribution >= 4 is 17.0 Å². The molecule has 0 spiro atoms. The molecule has 152 valence electrons. The van der Waals surface area contributed by atoms with Crippen LogP contribution in [0.3, 0.4) is 0 Å². The summed E-state index contributed by atoms with van der Waals surface area (Å²) in [5.74, 6) is -0.0550. The Morgan fingerprint density at radius 2 is 2.11 bits per heavy atom. The van der Waals surface area contributed by atoms with Gasteiger partial charge < -0.3 is 29.4 Å². The van der Waals surface area contributed by atoms with Crippen LogP contribution in [0.2, 0.25) is 0 Å². The molecule has 5 atom stereocenters. The van der Waals surface area contributed by atoms with E-state index in [0.29, 0.717) is 23.6 Å². The lowest BCUT2D eigenvalue weighted by atomic mass is 10.1. The fourth-order valence-electron chi connectivity index (χ4n) is 4.22. The molecule has 1 unspecified atom stereocenters. The highest BCUT2D eigenvalue weighted by Crippen LogP contribution is 2.43. The van der Waals surface area contributed by atoms with Crippen molar-refractivity contribution in [2.45, 2.75) is 63.1 Å². The number of nitrogens with one attached hydrogen (secondary N) is 1. The average Bonchev–Trinajstić information content (AvgIpc) is 3.33. The summed E-state index contributed by atoms with van der Waals surface area (Å²) >= 11 is 0. The van der Waals surface area contributed by atoms with Gasteiger partial charge in [0.2, 0.25) is 0 Å². The number of aromatic nitrogens is 4. The summed E-state index contributed by atoms with van der Waals surface area (Å²) in [4.78, 5) is 13.3. The molecule has 0 bridgehead atoms. The van der Waals surface area contributed by atoms with Crippen molar-refractivity contribution in [3.63, 3.8) is 0 Å². The van der Waals surface area contributed by atoms with Gasteiger partial charge in [0.25, 0.3) is 0 Å². The van der Waals surface area contributed by atoms with Crippen molar-refractivity contribution in [1.29, 1.82) is 0 Å². The van der Waals surface area contributed by atoms with E-state index in [1.807, 2.05) is 18.4 Å². The van der Waals surface area contributed by atoms with E-state index < -0.39 is 18.1 Å². The molecule has 0 aliphatic carbocycles. The maximum absolute atomic E-state index is 9.71. The quantitative estimate of drug-likeness (QED) is 0.782. The van der Waals surface area contributed by atoms with Gasteiger partial charge in [0, 0.05) is 6.61 Å². The predicted octanol–water partition coefficient (Wildman–Crippen LogP) is 0.827. The van der Waals surface area contributed by atoms with Crippen molar-refractivity contribution in [2.75, 3.05) is 25.1 Å². The fraction of sp³-hybridized carbons (Fsp3) is 0.722. The molecular weight excluding hydrogens is 366 g/mol. The Bertz CT molecular complexity index is 852. The highest BCUT2D eigenvalue weighted by molar-refractivity contribution is 5.82. The smallest absolute Gasteiger partial charge is 0.167 e. The minimum absolute atomic E-state index is 0.146. The third-order valence-corrected chi connectivity index (χ3v) is 5.44. The number of fused-ring (bicyclic) bond motifs is 2. The van der Waals surface area contributed by atoms with Crippen LogP contribution >= 0.6 is 0 Å². The predicted molar refractivity (Wildman–Crippen MR) is 97.6 cm³/mol. The normalized spacial score (nSPS) is 34.6. The number of aliphatic hydroxyl groups excluding tert-OH is 1. The summed E-state index contributed by atoms with van der Waals surface area (Å²) in [7, 11) is 0. The highest BCUT2D eigenvalue weighted by Gasteiger charge is 2.56. The van der Waals surface area contributed by atoms with Gasteiger partial charge in [-0.05, 0) is 26.7 Å². The molecule has 3 aliphatic heterocycles. The molecule has 0 amide bonds. The summed E-state index contributed by atoms with van der Waals surface area (Å²) in [6.07, 6.45) is 3.58. The standard InChI is InChI=1S/C18H25N5O5/c1-18(2)27-13-11(6-24)26-17(14(13)28-18)23-9-21-12-15(19-8-20-16(12)23)22-10-4-3-5-25-7-10/h8-11,13-14,17,24H,3-7H2,1-2H3,(H,19,20,22)/t10?,11-,13-,14-,17-/m1/s1. The van der Waals surface area contributed by atoms with E-state index in [0.717, 1.165) is 19.4 Å². The first kappa shape index (κ1) is 18.2. The maximum atomic E-state index is 9.71. The SMILES string of the molecule is CC1(C)O[C@@H]2[C@H](O1)[C@@H](CO)O[C@H]2n1cnc2c(NC3CCCOC3)ncnc21. The minimum atomic E-state index is -0.732. The zero-order chi connectivity index (χ0) is 19.3. The van der Waals surface area contributed by atoms with Gasteiger partial charge in [0.05, 0.1) is 25.6 Å². The molecule has 0 saturated carbocycles. The Labute approximate surface area is 162 Å². The van der Waals surface area contributed by atoms with Crippen LogP contribution in [0.15, 0.2) is 12.7 Å². The third-order valence-electron chi connectivity index (χ3n) is 5.44. The van der Waals surface area contributed by atoms with E-state index in [2.05, 4.69) is 20.3 Å². The van der Waals surface area contributed by atoms with Crippen molar-refractivity contribution in [2.24, 2.45) is 0 Å². The molecule has 10 heteroatoms. The molecule has 2 aromatic rings. The molecule has 3 aliphatic rings. The summed E-state index contributed by atoms with van der Waals surface area (Å²) in [5, 5.41) is 13.1. The second kappa shape index (κ2) is 6.89. The van der Waals surface area contributed by atoms with Crippen LogP contribution in [-0.4, -0.2) is 74.6 Å². The Morgan fingerprint density at radius 3 is 2.89 bits per heavy atom. The molecule has 5 heterocycles. The van der Waals surface area contributed by atoms with Crippen LogP contribution < -0.4 is 5.32 Å². The molecule has 2 aromatic heterocycles. The Balaban J connectivity index is 1.46. The van der Waals surface area contributed by atoms with Crippen LogP contribution in [0.25, 0.3) is 11.2 Å². The molecule has 0 radical (unpaired) electrons. The van der Waals surface area contributed by atoms with Crippen LogP contribution in [0.1, 0.15) is 32.9 Å². The summed E-state index contributed by atoms with van der Waals surface area (Å²) < 4.78 is 25.4. The number of imidazole rings is 1. The van der Waals surface area contributed by atoms with Gasteiger partial charge >= 0.3 is 0 Å². The van der Waals surface area contributed by atoms with Crippen LogP contribution in [0.4, 0.5) is 5.82 Å². The van der Waals surface area contributed by atoms with Crippen molar-refractivity contribution in [1.82, 2.24) is 19.5 Å². The molecule has 2 N–H and O–H groups in total. The van der Waals surface area contributed by atoms with Gasteiger partial charge in [-0.1, -0.05) is 0 Å². The Kier molecular flexibility index (Phi) is 4.48. The number of rotatable bonds is 4. The van der Waals surface area contributed by atoms with E-state index >= 15 is 0 Å². The summed E-state index contributed by atoms with van der Waals surface area (Å²) in [5.41, 5.74) is 1.31. The number of ether oxygens (including phenoxy) is 4. The first-order valence-electron chi connectivity index (χ1n) is 9.69. The number of hydrogen-bond donors (Lipinski definition) is 2. The molecule has 28 heavy (non-hydrogen) atoms. The zero-order valence-electron chi connectivity index (χ0n) is 15.9. The third kappa shape index (κ3) is 3.05. The van der Waals surface area contributed by atoms with Crippen molar-refractivity contribution in [3.8, 4) is 0 Å². The highest BCUT2D eigenvalue weighted by atomic mass is 16.8. The van der Waals surface area contributed by atoms with Gasteiger partial charge in [-0.25, -0.2) is 15.0 Å². The molecule has 3 fully saturated rings. The fourth-order valence-corrected chi connectivity index (χ4v) is 4.22. The Morgan fingerprint density at radius 1 is 1.25 bits per heavy atom. The number of nitrogens with zero attached hydrogens (tertiary/aromatic N) is 4. The maximum Gasteiger partial charge on any atom is 0.167 e. The first-order valence-corrected chi connectivity index (χ1v) is 9.69. The van der Waals surface area contributed by atoms with Crippen LogP contribution in [0, 0.1) is 0 Å². The Hall–Kier alpha value is -1.85. The van der Waals surface area contributed by atoms with E-state index in [9.17, 15) is 5.11 Å². The summed E-state index contributed by atoms with van der Waals surface area (Å²) in [6, 6.07) is 0.204. The molecule has 5 rings (SSSR count). The lowest BCUT2D eigenvalue weighted by molar-refractivity contribution is -0.199. The largest absolute Gasteiger partial charge is 0.394 e. The first-order chi connectivity index (χ1) is 13.6. The molecular formula is C18H25N5O5. The second-order valence-electron chi connectivity index (χ2n) is 7.92. The minimum Gasteiger partial charge on any atom is -0.394 e. The van der Waals surface area contributed by atoms with Gasteiger partial charge in [0.15, 0.2) is 29.0 Å².